The van der Waals surface area contributed by atoms with Gasteiger partial charge in [0.05, 0.1) is 0 Å². The molecule has 0 aromatic carbocycles. The Balaban J connectivity index is 1.56. The van der Waals surface area contributed by atoms with Crippen LogP contribution in [0.3, 0.4) is 0 Å². The molecule has 1 unspecified atom stereocenters. The van der Waals surface area contributed by atoms with Crippen molar-refractivity contribution in [1.82, 2.24) is 4.90 Å². The number of nitrogens with two attached hydrogens (primary N) is 1. The van der Waals surface area contributed by atoms with Gasteiger partial charge in [-0.2, -0.15) is 0 Å². The highest BCUT2D eigenvalue weighted by atomic mass is 15.2. The van der Waals surface area contributed by atoms with Gasteiger partial charge in [0.15, 0.2) is 0 Å². The summed E-state index contributed by atoms with van der Waals surface area (Å²) < 4.78 is 0. The van der Waals surface area contributed by atoms with Gasteiger partial charge in [0.2, 0.25) is 0 Å². The van der Waals surface area contributed by atoms with Crippen LogP contribution in [0.15, 0.2) is 0 Å². The first-order chi connectivity index (χ1) is 8.27. The second kappa shape index (κ2) is 3.71. The average Bonchev–Trinajstić information content (AvgIpc) is 2.76. The van der Waals surface area contributed by atoms with Crippen molar-refractivity contribution >= 4 is 0 Å². The zero-order valence-corrected chi connectivity index (χ0v) is 10.9. The Morgan fingerprint density at radius 3 is 2.06 bits per heavy atom. The summed E-state index contributed by atoms with van der Waals surface area (Å²) in [7, 11) is 0. The highest BCUT2D eigenvalue weighted by Gasteiger charge is 2.54. The fourth-order valence-electron chi connectivity index (χ4n) is 5.91. The molecule has 5 rings (SSSR count). The van der Waals surface area contributed by atoms with Gasteiger partial charge in [-0.05, 0) is 81.7 Å². The Labute approximate surface area is 105 Å². The van der Waals surface area contributed by atoms with Crippen LogP contribution >= 0.6 is 0 Å². The van der Waals surface area contributed by atoms with E-state index in [0.717, 1.165) is 30.2 Å². The van der Waals surface area contributed by atoms with E-state index in [1.807, 2.05) is 0 Å². The Bertz CT molecular complexity index is 277. The lowest BCUT2D eigenvalue weighted by atomic mass is 9.52. The largest absolute Gasteiger partial charge is 0.330 e. The third-order valence-corrected chi connectivity index (χ3v) is 6.30. The summed E-state index contributed by atoms with van der Waals surface area (Å²) >= 11 is 0. The highest BCUT2D eigenvalue weighted by Crippen LogP contribution is 2.58. The molecule has 4 bridgehead atoms. The van der Waals surface area contributed by atoms with E-state index in [9.17, 15) is 0 Å². The molecule has 4 saturated carbocycles. The second-order valence-corrected chi connectivity index (χ2v) is 7.48. The predicted octanol–water partition coefficient (Wildman–Crippen LogP) is 2.24. The lowest BCUT2D eigenvalue weighted by Gasteiger charge is -2.60. The molecule has 0 spiro atoms. The molecule has 17 heavy (non-hydrogen) atoms. The van der Waals surface area contributed by atoms with E-state index < -0.39 is 0 Å². The lowest BCUT2D eigenvalue weighted by molar-refractivity contribution is -0.0813. The quantitative estimate of drug-likeness (QED) is 0.794. The zero-order chi connectivity index (χ0) is 11.5. The number of hydrogen-bond donors (Lipinski definition) is 1. The van der Waals surface area contributed by atoms with Crippen molar-refractivity contribution in [2.24, 2.45) is 29.4 Å². The Hall–Kier alpha value is -0.0800. The lowest BCUT2D eigenvalue weighted by Crippen LogP contribution is -2.59. The van der Waals surface area contributed by atoms with E-state index in [1.54, 1.807) is 19.3 Å². The van der Waals surface area contributed by atoms with Gasteiger partial charge in [-0.25, -0.2) is 0 Å². The van der Waals surface area contributed by atoms with Crippen LogP contribution in [0.5, 0.6) is 0 Å². The summed E-state index contributed by atoms with van der Waals surface area (Å²) in [5.74, 6) is 4.04. The number of likely N-dealkylation sites (tertiary alicyclic amines) is 1. The molecule has 1 atom stereocenters. The molecule has 0 amide bonds. The van der Waals surface area contributed by atoms with E-state index in [-0.39, 0.29) is 0 Å². The zero-order valence-electron chi connectivity index (χ0n) is 10.9. The highest BCUT2D eigenvalue weighted by molar-refractivity contribution is 5.08. The minimum absolute atomic E-state index is 0.638. The molecule has 0 radical (unpaired) electrons. The first-order valence-corrected chi connectivity index (χ1v) is 7.72. The van der Waals surface area contributed by atoms with Gasteiger partial charge >= 0.3 is 0 Å². The molecule has 96 valence electrons. The van der Waals surface area contributed by atoms with Crippen LogP contribution in [0.2, 0.25) is 0 Å². The van der Waals surface area contributed by atoms with E-state index >= 15 is 0 Å². The minimum atomic E-state index is 0.638. The molecule has 4 aliphatic carbocycles. The van der Waals surface area contributed by atoms with Crippen LogP contribution in [-0.2, 0) is 0 Å². The summed E-state index contributed by atoms with van der Waals surface area (Å²) in [6.45, 7) is 3.56. The Kier molecular flexibility index (Phi) is 2.36. The van der Waals surface area contributed by atoms with E-state index in [1.165, 1.54) is 38.8 Å². The molecule has 5 fully saturated rings. The summed E-state index contributed by atoms with van der Waals surface area (Å²) in [5, 5.41) is 0. The molecule has 2 nitrogen and oxygen atoms in total. The third kappa shape index (κ3) is 1.60. The first-order valence-electron chi connectivity index (χ1n) is 7.72. The van der Waals surface area contributed by atoms with Crippen LogP contribution in [0.4, 0.5) is 0 Å². The van der Waals surface area contributed by atoms with Crippen LogP contribution in [0.25, 0.3) is 0 Å². The van der Waals surface area contributed by atoms with Crippen LogP contribution in [-0.4, -0.2) is 30.1 Å². The Morgan fingerprint density at radius 1 is 1.00 bits per heavy atom. The first kappa shape index (κ1) is 10.8. The SMILES string of the molecule is NCC1CCN(C23CC4CC(CC(C4)C2)C3)C1. The van der Waals surface area contributed by atoms with Crippen molar-refractivity contribution in [2.45, 2.75) is 50.5 Å². The fraction of sp³-hybridized carbons (Fsp3) is 1.00. The molecule has 2 N–H and O–H groups in total. The average molecular weight is 234 g/mol. The second-order valence-electron chi connectivity index (χ2n) is 7.48. The van der Waals surface area contributed by atoms with E-state index in [4.69, 9.17) is 5.73 Å². The summed E-state index contributed by atoms with van der Waals surface area (Å²) in [6, 6.07) is 0. The van der Waals surface area contributed by atoms with Gasteiger partial charge in [-0.1, -0.05) is 0 Å². The molecule has 0 aromatic rings. The molecular formula is C15H26N2. The van der Waals surface area contributed by atoms with Crippen molar-refractivity contribution in [3.8, 4) is 0 Å². The molecule has 1 saturated heterocycles. The maximum absolute atomic E-state index is 5.86. The van der Waals surface area contributed by atoms with Gasteiger partial charge in [0, 0.05) is 12.1 Å². The number of hydrogen-bond acceptors (Lipinski definition) is 2. The normalized spacial score (nSPS) is 53.5. The number of rotatable bonds is 2. The molecule has 1 aliphatic heterocycles. The van der Waals surface area contributed by atoms with Crippen LogP contribution in [0.1, 0.15) is 44.9 Å². The smallest absolute Gasteiger partial charge is 0.0217 e. The van der Waals surface area contributed by atoms with Crippen molar-refractivity contribution < 1.29 is 0 Å². The molecule has 0 aromatic heterocycles. The molecular weight excluding hydrogens is 208 g/mol. The van der Waals surface area contributed by atoms with Crippen molar-refractivity contribution in [3.05, 3.63) is 0 Å². The van der Waals surface area contributed by atoms with Crippen molar-refractivity contribution in [2.75, 3.05) is 19.6 Å². The summed E-state index contributed by atoms with van der Waals surface area (Å²) in [6.07, 6.45) is 10.6. The summed E-state index contributed by atoms with van der Waals surface area (Å²) in [5.41, 5.74) is 6.50. The van der Waals surface area contributed by atoms with Gasteiger partial charge in [-0.15, -0.1) is 0 Å². The van der Waals surface area contributed by atoms with E-state index in [2.05, 4.69) is 4.90 Å². The predicted molar refractivity (Wildman–Crippen MR) is 69.6 cm³/mol. The maximum Gasteiger partial charge on any atom is 0.0217 e. The monoisotopic (exact) mass is 234 g/mol. The standard InChI is InChI=1S/C15H26N2/c16-9-11-1-2-17(10-11)15-6-12-3-13(7-15)5-14(4-12)8-15/h11-14H,1-10,16H2. The van der Waals surface area contributed by atoms with Gasteiger partial charge in [-0.3, -0.25) is 4.90 Å². The van der Waals surface area contributed by atoms with Crippen molar-refractivity contribution in [3.63, 3.8) is 0 Å². The topological polar surface area (TPSA) is 29.3 Å². The van der Waals surface area contributed by atoms with Gasteiger partial charge in [0.25, 0.3) is 0 Å². The van der Waals surface area contributed by atoms with E-state index in [0.29, 0.717) is 5.54 Å². The maximum atomic E-state index is 5.86. The molecule has 1 heterocycles. The third-order valence-electron chi connectivity index (χ3n) is 6.30. The van der Waals surface area contributed by atoms with Crippen LogP contribution in [0, 0.1) is 23.7 Å². The summed E-state index contributed by atoms with van der Waals surface area (Å²) in [4.78, 5) is 2.87. The van der Waals surface area contributed by atoms with Crippen molar-refractivity contribution in [1.29, 1.82) is 0 Å². The fourth-order valence-corrected chi connectivity index (χ4v) is 5.91. The Morgan fingerprint density at radius 2 is 1.59 bits per heavy atom. The van der Waals surface area contributed by atoms with Gasteiger partial charge < -0.3 is 5.73 Å². The molecule has 5 aliphatic rings. The number of nitrogens with zero attached hydrogens (tertiary/aromatic N) is 1. The van der Waals surface area contributed by atoms with Gasteiger partial charge in [0.1, 0.15) is 0 Å². The van der Waals surface area contributed by atoms with Crippen LogP contribution < -0.4 is 5.73 Å². The molecule has 2 heteroatoms. The minimum Gasteiger partial charge on any atom is -0.330 e.